The summed E-state index contributed by atoms with van der Waals surface area (Å²) < 4.78 is 33.8. The van der Waals surface area contributed by atoms with Crippen molar-refractivity contribution in [1.82, 2.24) is 4.31 Å². The Hall–Kier alpha value is -3.64. The Bertz CT molecular complexity index is 1440. The monoisotopic (exact) mass is 584 g/mol. The van der Waals surface area contributed by atoms with Gasteiger partial charge in [-0.15, -0.1) is 0 Å². The molecular weight excluding hydrogens is 546 g/mol. The van der Waals surface area contributed by atoms with E-state index in [0.717, 1.165) is 5.56 Å². The molecule has 3 atom stereocenters. The first-order valence-electron chi connectivity index (χ1n) is 13.3. The molecule has 0 aromatic heterocycles. The summed E-state index contributed by atoms with van der Waals surface area (Å²) in [6, 6.07) is 18.7. The molecule has 0 aliphatic heterocycles. The fourth-order valence-corrected chi connectivity index (χ4v) is 6.33. The van der Waals surface area contributed by atoms with Gasteiger partial charge in [-0.3, -0.25) is 15.0 Å². The quantitative estimate of drug-likeness (QED) is 0.233. The molecule has 220 valence electrons. The van der Waals surface area contributed by atoms with Crippen LogP contribution in [0.5, 0.6) is 5.75 Å². The molecule has 10 nitrogen and oxygen atoms in total. The topological polar surface area (TPSA) is 131 Å². The molecule has 41 heavy (non-hydrogen) atoms. The molecule has 3 aromatic rings. The van der Waals surface area contributed by atoms with Crippen molar-refractivity contribution in [2.45, 2.75) is 44.2 Å². The Morgan fingerprint density at radius 3 is 2.24 bits per heavy atom. The summed E-state index contributed by atoms with van der Waals surface area (Å²) in [6.45, 7) is 5.37. The van der Waals surface area contributed by atoms with E-state index in [2.05, 4.69) is 0 Å². The van der Waals surface area contributed by atoms with Crippen molar-refractivity contribution in [2.75, 3.05) is 27.2 Å². The van der Waals surface area contributed by atoms with Crippen LogP contribution in [0.4, 0.5) is 5.69 Å². The minimum Gasteiger partial charge on any atom is -0.497 e. The summed E-state index contributed by atoms with van der Waals surface area (Å²) >= 11 is 0. The van der Waals surface area contributed by atoms with Crippen LogP contribution >= 0.6 is 0 Å². The first-order chi connectivity index (χ1) is 19.3. The maximum Gasteiger partial charge on any atom is 0.344 e. The lowest BCUT2D eigenvalue weighted by Crippen LogP contribution is -3.17. The Kier molecular flexibility index (Phi) is 10.7. The van der Waals surface area contributed by atoms with Gasteiger partial charge >= 0.3 is 5.91 Å². The Morgan fingerprint density at radius 1 is 1.05 bits per heavy atom. The van der Waals surface area contributed by atoms with Crippen molar-refractivity contribution in [2.24, 2.45) is 5.92 Å². The minimum atomic E-state index is -3.99. The number of non-ortho nitro benzene ring substituents is 1. The average molecular weight is 585 g/mol. The van der Waals surface area contributed by atoms with E-state index >= 15 is 0 Å². The maximum absolute atomic E-state index is 13.7. The van der Waals surface area contributed by atoms with Gasteiger partial charge in [-0.05, 0) is 48.2 Å². The average Bonchev–Trinajstić information content (AvgIpc) is 2.95. The molecule has 3 aromatic carbocycles. The number of likely N-dealkylation sites (N-methyl/N-ethyl adjacent to an activating group) is 1. The lowest BCUT2D eigenvalue weighted by molar-refractivity contribution is -0.825. The van der Waals surface area contributed by atoms with Crippen LogP contribution in [0, 0.1) is 23.0 Å². The van der Waals surface area contributed by atoms with E-state index in [1.54, 1.807) is 26.1 Å². The number of quaternary nitrogens is 1. The molecule has 0 saturated carbocycles. The zero-order valence-corrected chi connectivity index (χ0v) is 24.8. The first kappa shape index (κ1) is 31.9. The van der Waals surface area contributed by atoms with E-state index in [1.165, 1.54) is 41.7 Å². The summed E-state index contributed by atoms with van der Waals surface area (Å²) in [5.41, 5.74) is 1.39. The Morgan fingerprint density at radius 2 is 1.68 bits per heavy atom. The second kappa shape index (κ2) is 13.8. The molecule has 0 fully saturated rings. The third-order valence-electron chi connectivity index (χ3n) is 7.01. The molecule has 1 unspecified atom stereocenters. The molecule has 0 bridgehead atoms. The number of carbonyl (C=O) groups is 1. The normalized spacial score (nSPS) is 14.0. The highest BCUT2D eigenvalue weighted by Crippen LogP contribution is 2.22. The summed E-state index contributed by atoms with van der Waals surface area (Å²) in [6.07, 6.45) is -0.976. The lowest BCUT2D eigenvalue weighted by Gasteiger charge is -2.32. The molecule has 2 N–H and O–H groups in total. The molecule has 1 amide bonds. The number of rotatable bonds is 13. The van der Waals surface area contributed by atoms with Crippen LogP contribution in [0.2, 0.25) is 0 Å². The second-order valence-corrected chi connectivity index (χ2v) is 12.5. The number of ether oxygens (including phenoxy) is 1. The number of amides is 1. The first-order valence-corrected chi connectivity index (χ1v) is 14.8. The van der Waals surface area contributed by atoms with Crippen LogP contribution in [0.15, 0.2) is 77.7 Å². The number of nitrogens with zero attached hydrogens (tertiary/aromatic N) is 2. The summed E-state index contributed by atoms with van der Waals surface area (Å²) in [4.78, 5) is 24.9. The van der Waals surface area contributed by atoms with E-state index in [9.17, 15) is 28.4 Å². The van der Waals surface area contributed by atoms with Crippen molar-refractivity contribution >= 4 is 21.6 Å². The number of aryl methyl sites for hydroxylation is 1. The Balaban J connectivity index is 1.98. The van der Waals surface area contributed by atoms with Crippen molar-refractivity contribution in [1.29, 1.82) is 0 Å². The van der Waals surface area contributed by atoms with Crippen LogP contribution in [0.3, 0.4) is 0 Å². The fraction of sp³-hybridized carbons (Fsp3) is 0.367. The molecule has 0 aliphatic rings. The number of aliphatic hydroxyl groups excluding tert-OH is 1. The smallest absolute Gasteiger partial charge is 0.344 e. The van der Waals surface area contributed by atoms with Gasteiger partial charge < -0.3 is 9.84 Å². The number of methoxy groups -OCH3 is 1. The van der Waals surface area contributed by atoms with Crippen LogP contribution in [-0.4, -0.2) is 68.1 Å². The molecule has 0 heterocycles. The molecule has 11 heteroatoms. The number of carbonyl (C=O) groups excluding carboxylic acids is 1. The predicted molar refractivity (Wildman–Crippen MR) is 156 cm³/mol. The number of sulfonamides is 1. The van der Waals surface area contributed by atoms with Gasteiger partial charge in [0.1, 0.15) is 17.9 Å². The highest BCUT2D eigenvalue weighted by molar-refractivity contribution is 7.89. The number of nitrogens with one attached hydrogen (secondary N) is 1. The number of aliphatic hydroxyl groups is 1. The van der Waals surface area contributed by atoms with E-state index in [-0.39, 0.29) is 46.5 Å². The van der Waals surface area contributed by atoms with E-state index in [1.807, 2.05) is 44.2 Å². The number of nitro groups is 1. The predicted octanol–water partition coefficient (Wildman–Crippen LogP) is 2.89. The van der Waals surface area contributed by atoms with Gasteiger partial charge in [0, 0.05) is 31.6 Å². The van der Waals surface area contributed by atoms with Gasteiger partial charge in [-0.25, -0.2) is 13.2 Å². The summed E-state index contributed by atoms with van der Waals surface area (Å²) in [5.74, 6) is 0.0455. The van der Waals surface area contributed by atoms with E-state index < -0.39 is 33.0 Å². The molecular formula is C30H38N3O7S+. The van der Waals surface area contributed by atoms with Crippen molar-refractivity contribution in [3.63, 3.8) is 0 Å². The van der Waals surface area contributed by atoms with Crippen LogP contribution in [-0.2, 0) is 16.4 Å². The zero-order chi connectivity index (χ0) is 30.3. The fourth-order valence-electron chi connectivity index (χ4n) is 4.71. The summed E-state index contributed by atoms with van der Waals surface area (Å²) in [5, 5.41) is 23.0. The molecule has 0 aliphatic carbocycles. The molecule has 3 rings (SSSR count). The van der Waals surface area contributed by atoms with Gasteiger partial charge in [0.25, 0.3) is 5.69 Å². The standard InChI is InChI=1S/C30H37N3O7S/c1-21(2)19-32(41(38,39)26-15-13-25(40-5)14-16-26)20-29(34)28(17-23-9-7-6-8-10-23)31(4)30(35)27-18-24(33(36)37)12-11-22(27)3/h6-16,18,21,28-29,34H,17,19-20H2,1-5H3/p+1/t28-,29+/m0/s1. The lowest BCUT2D eigenvalue weighted by atomic mass is 9.98. The Labute approximate surface area is 241 Å². The van der Waals surface area contributed by atoms with Crippen LogP contribution in [0.25, 0.3) is 0 Å². The summed E-state index contributed by atoms with van der Waals surface area (Å²) in [7, 11) is -0.901. The maximum atomic E-state index is 13.7. The molecule has 0 radical (unpaired) electrons. The SMILES string of the molecule is COc1ccc(S(=O)(=O)N(CC(C)C)C[C@@H](O)[C@H](Cc2ccccc2)[NH+](C)C(=O)c2cc([N+](=O)[O-])ccc2C)cc1. The molecule has 0 spiro atoms. The zero-order valence-electron chi connectivity index (χ0n) is 24.0. The second-order valence-electron chi connectivity index (χ2n) is 10.5. The minimum absolute atomic E-state index is 0.0398. The third-order valence-corrected chi connectivity index (χ3v) is 8.86. The van der Waals surface area contributed by atoms with Crippen molar-refractivity contribution in [3.8, 4) is 5.75 Å². The highest BCUT2D eigenvalue weighted by Gasteiger charge is 2.37. The van der Waals surface area contributed by atoms with Gasteiger partial charge in [0.15, 0.2) is 0 Å². The van der Waals surface area contributed by atoms with Crippen LogP contribution < -0.4 is 9.64 Å². The number of nitro benzene ring substituents is 1. The number of benzene rings is 3. The van der Waals surface area contributed by atoms with E-state index in [0.29, 0.717) is 11.3 Å². The number of hydrogen-bond donors (Lipinski definition) is 2. The number of hydrogen-bond acceptors (Lipinski definition) is 7. The van der Waals surface area contributed by atoms with Gasteiger partial charge in [0.05, 0.1) is 29.5 Å². The van der Waals surface area contributed by atoms with Gasteiger partial charge in [-0.2, -0.15) is 4.31 Å². The highest BCUT2D eigenvalue weighted by atomic mass is 32.2. The van der Waals surface area contributed by atoms with Crippen LogP contribution in [0.1, 0.15) is 35.3 Å². The largest absolute Gasteiger partial charge is 0.497 e. The van der Waals surface area contributed by atoms with Gasteiger partial charge in [-0.1, -0.05) is 50.2 Å². The van der Waals surface area contributed by atoms with Gasteiger partial charge in [0.2, 0.25) is 10.0 Å². The third kappa shape index (κ3) is 7.98. The van der Waals surface area contributed by atoms with Crippen molar-refractivity contribution in [3.05, 3.63) is 99.6 Å². The molecule has 0 saturated heterocycles. The van der Waals surface area contributed by atoms with E-state index in [4.69, 9.17) is 4.74 Å². The van der Waals surface area contributed by atoms with Crippen molar-refractivity contribution < 1.29 is 32.9 Å².